The zero-order valence-electron chi connectivity index (χ0n) is 10.8. The first-order valence-electron chi connectivity index (χ1n) is 5.80. The summed E-state index contributed by atoms with van der Waals surface area (Å²) >= 11 is 0. The van der Waals surface area contributed by atoms with Crippen LogP contribution in [0.4, 0.5) is 5.69 Å². The normalized spacial score (nSPS) is 10.2. The van der Waals surface area contributed by atoms with Crippen molar-refractivity contribution in [2.75, 3.05) is 5.32 Å². The summed E-state index contributed by atoms with van der Waals surface area (Å²) in [4.78, 5) is 23.8. The molecule has 0 spiro atoms. The Morgan fingerprint density at radius 2 is 2.16 bits per heavy atom. The van der Waals surface area contributed by atoms with Crippen LogP contribution in [-0.4, -0.2) is 26.7 Å². The van der Waals surface area contributed by atoms with E-state index in [0.717, 1.165) is 11.3 Å². The van der Waals surface area contributed by atoms with Crippen LogP contribution in [0, 0.1) is 0 Å². The Morgan fingerprint density at radius 1 is 1.37 bits per heavy atom. The zero-order valence-corrected chi connectivity index (χ0v) is 10.8. The Labute approximate surface area is 110 Å². The third kappa shape index (κ3) is 3.48. The average molecular weight is 258 g/mol. The lowest BCUT2D eigenvalue weighted by Gasteiger charge is -2.05. The number of carbonyl (C=O) groups is 2. The quantitative estimate of drug-likeness (QED) is 0.841. The number of ketones is 1. The van der Waals surface area contributed by atoms with Crippen LogP contribution in [0.1, 0.15) is 13.3 Å². The van der Waals surface area contributed by atoms with Crippen LogP contribution >= 0.6 is 0 Å². The van der Waals surface area contributed by atoms with Gasteiger partial charge in [0.25, 0.3) is 0 Å². The van der Waals surface area contributed by atoms with Crippen molar-refractivity contribution in [1.29, 1.82) is 0 Å². The monoisotopic (exact) mass is 258 g/mol. The van der Waals surface area contributed by atoms with Crippen LogP contribution < -0.4 is 5.32 Å². The highest BCUT2D eigenvalue weighted by molar-refractivity contribution is 6.03. The Morgan fingerprint density at radius 3 is 2.79 bits per heavy atom. The summed E-state index contributed by atoms with van der Waals surface area (Å²) in [7, 11) is 1.74. The minimum atomic E-state index is -0.316. The van der Waals surface area contributed by atoms with Gasteiger partial charge in [-0.3, -0.25) is 9.59 Å². The largest absolute Gasteiger partial charge is 0.326 e. The summed E-state index contributed by atoms with van der Waals surface area (Å²) in [6.45, 7) is 1.38. The Balaban J connectivity index is 2.15. The number of aromatic nitrogens is 3. The van der Waals surface area contributed by atoms with Crippen molar-refractivity contribution in [2.45, 2.75) is 13.3 Å². The lowest BCUT2D eigenvalue weighted by molar-refractivity contribution is -0.124. The predicted octanol–water partition coefficient (Wildman–Crippen LogP) is 1.40. The number of hydrogen-bond donors (Lipinski definition) is 1. The number of carbonyl (C=O) groups excluding carboxylic acids is 2. The van der Waals surface area contributed by atoms with Gasteiger partial charge < -0.3 is 5.32 Å². The number of aryl methyl sites for hydroxylation is 1. The van der Waals surface area contributed by atoms with Gasteiger partial charge in [0.1, 0.15) is 11.5 Å². The summed E-state index contributed by atoms with van der Waals surface area (Å²) in [6.07, 6.45) is 1.53. The summed E-state index contributed by atoms with van der Waals surface area (Å²) in [5.41, 5.74) is 2.22. The van der Waals surface area contributed by atoms with Crippen molar-refractivity contribution in [1.82, 2.24) is 15.0 Å². The molecule has 19 heavy (non-hydrogen) atoms. The highest BCUT2D eigenvalue weighted by atomic mass is 16.2. The van der Waals surface area contributed by atoms with Gasteiger partial charge in [0.15, 0.2) is 0 Å². The molecule has 0 saturated carbocycles. The van der Waals surface area contributed by atoms with Gasteiger partial charge in [0.2, 0.25) is 5.91 Å². The van der Waals surface area contributed by atoms with Crippen LogP contribution in [0.5, 0.6) is 0 Å². The van der Waals surface area contributed by atoms with E-state index in [9.17, 15) is 9.59 Å². The van der Waals surface area contributed by atoms with Crippen LogP contribution in [0.15, 0.2) is 30.5 Å². The molecule has 2 aromatic rings. The van der Waals surface area contributed by atoms with E-state index in [1.54, 1.807) is 25.4 Å². The summed E-state index contributed by atoms with van der Waals surface area (Å²) < 4.78 is 0. The van der Waals surface area contributed by atoms with E-state index < -0.39 is 0 Å². The molecule has 0 aliphatic rings. The van der Waals surface area contributed by atoms with Crippen molar-refractivity contribution >= 4 is 17.4 Å². The molecule has 0 saturated heterocycles. The molecular formula is C13H14N4O2. The molecule has 0 aliphatic heterocycles. The van der Waals surface area contributed by atoms with Crippen molar-refractivity contribution < 1.29 is 9.59 Å². The molecule has 98 valence electrons. The Kier molecular flexibility index (Phi) is 3.70. The topological polar surface area (TPSA) is 76.9 Å². The third-order valence-electron chi connectivity index (χ3n) is 2.45. The molecule has 0 aliphatic carbocycles. The maximum Gasteiger partial charge on any atom is 0.231 e. The summed E-state index contributed by atoms with van der Waals surface area (Å²) in [6, 6.07) is 7.25. The molecule has 2 rings (SSSR count). The first kappa shape index (κ1) is 12.9. The zero-order chi connectivity index (χ0) is 13.8. The molecule has 6 heteroatoms. The van der Waals surface area contributed by atoms with E-state index >= 15 is 0 Å². The second kappa shape index (κ2) is 5.43. The molecule has 0 fully saturated rings. The van der Waals surface area contributed by atoms with Crippen LogP contribution in [0.3, 0.4) is 0 Å². The van der Waals surface area contributed by atoms with Gasteiger partial charge in [-0.05, 0) is 19.1 Å². The predicted molar refractivity (Wildman–Crippen MR) is 70.4 cm³/mol. The summed E-state index contributed by atoms with van der Waals surface area (Å²) in [5, 5.41) is 10.9. The number of rotatable bonds is 4. The summed E-state index contributed by atoms with van der Waals surface area (Å²) in [5.74, 6) is -0.480. The van der Waals surface area contributed by atoms with Gasteiger partial charge in [0, 0.05) is 18.3 Å². The lowest BCUT2D eigenvalue weighted by atomic mass is 10.1. The van der Waals surface area contributed by atoms with Gasteiger partial charge in [-0.2, -0.15) is 15.0 Å². The highest BCUT2D eigenvalue weighted by Crippen LogP contribution is 2.20. The van der Waals surface area contributed by atoms with Crippen molar-refractivity contribution in [3.8, 4) is 11.3 Å². The van der Waals surface area contributed by atoms with E-state index in [2.05, 4.69) is 15.5 Å². The van der Waals surface area contributed by atoms with Crippen LogP contribution in [0.2, 0.25) is 0 Å². The first-order valence-corrected chi connectivity index (χ1v) is 5.80. The fourth-order valence-corrected chi connectivity index (χ4v) is 1.67. The fourth-order valence-electron chi connectivity index (χ4n) is 1.67. The Hall–Kier alpha value is -2.50. The fraction of sp³-hybridized carbons (Fsp3) is 0.231. The molecule has 0 unspecified atom stereocenters. The van der Waals surface area contributed by atoms with Gasteiger partial charge in [-0.25, -0.2) is 0 Å². The SMILES string of the molecule is CC(=O)CC(=O)Nc1cccc(-c2cnn(C)n2)c1. The standard InChI is InChI=1S/C13H14N4O2/c1-9(18)6-13(19)15-11-5-3-4-10(7-11)12-8-14-17(2)16-12/h3-5,7-8H,6H2,1-2H3,(H,15,19). The molecule has 0 radical (unpaired) electrons. The average Bonchev–Trinajstić information content (AvgIpc) is 2.75. The van der Waals surface area contributed by atoms with Crippen LogP contribution in [-0.2, 0) is 16.6 Å². The van der Waals surface area contributed by atoms with E-state index in [1.807, 2.05) is 12.1 Å². The number of benzene rings is 1. The molecule has 1 aromatic carbocycles. The minimum absolute atomic E-state index is 0.116. The van der Waals surface area contributed by atoms with E-state index in [0.29, 0.717) is 5.69 Å². The number of nitrogens with one attached hydrogen (secondary N) is 1. The van der Waals surface area contributed by atoms with E-state index in [1.165, 1.54) is 11.7 Å². The molecule has 1 amide bonds. The lowest BCUT2D eigenvalue weighted by Crippen LogP contribution is -2.14. The van der Waals surface area contributed by atoms with Crippen molar-refractivity contribution in [3.63, 3.8) is 0 Å². The highest BCUT2D eigenvalue weighted by Gasteiger charge is 2.07. The van der Waals surface area contributed by atoms with Gasteiger partial charge in [-0.1, -0.05) is 12.1 Å². The molecule has 0 bridgehead atoms. The van der Waals surface area contributed by atoms with E-state index in [4.69, 9.17) is 0 Å². The molecule has 1 aromatic heterocycles. The Bertz CT molecular complexity index is 619. The smallest absolute Gasteiger partial charge is 0.231 e. The second-order valence-electron chi connectivity index (χ2n) is 4.23. The number of nitrogens with zero attached hydrogens (tertiary/aromatic N) is 3. The molecule has 1 N–H and O–H groups in total. The van der Waals surface area contributed by atoms with Crippen molar-refractivity contribution in [2.24, 2.45) is 7.05 Å². The maximum absolute atomic E-state index is 11.5. The molecule has 6 nitrogen and oxygen atoms in total. The molecule has 1 heterocycles. The van der Waals surface area contributed by atoms with Crippen LogP contribution in [0.25, 0.3) is 11.3 Å². The van der Waals surface area contributed by atoms with E-state index in [-0.39, 0.29) is 18.1 Å². The molecule has 0 atom stereocenters. The number of Topliss-reactive ketones (excluding diaryl/α,β-unsaturated/α-hetero) is 1. The maximum atomic E-state index is 11.5. The number of anilines is 1. The first-order chi connectivity index (χ1) is 9.04. The third-order valence-corrected chi connectivity index (χ3v) is 2.45. The number of hydrogen-bond acceptors (Lipinski definition) is 4. The minimum Gasteiger partial charge on any atom is -0.326 e. The van der Waals surface area contributed by atoms with Gasteiger partial charge in [-0.15, -0.1) is 0 Å². The van der Waals surface area contributed by atoms with Gasteiger partial charge in [0.05, 0.1) is 12.6 Å². The second-order valence-corrected chi connectivity index (χ2v) is 4.23. The molecular weight excluding hydrogens is 244 g/mol. The van der Waals surface area contributed by atoms with Crippen molar-refractivity contribution in [3.05, 3.63) is 30.5 Å². The number of amides is 1. The van der Waals surface area contributed by atoms with Gasteiger partial charge >= 0.3 is 0 Å².